The number of rotatable bonds is 4. The van der Waals surface area contributed by atoms with Crippen molar-refractivity contribution in [3.8, 4) is 0 Å². The van der Waals surface area contributed by atoms with Gasteiger partial charge in [-0.05, 0) is 41.4 Å². The number of benzene rings is 2. The van der Waals surface area contributed by atoms with E-state index in [0.717, 1.165) is 47.3 Å². The summed E-state index contributed by atoms with van der Waals surface area (Å²) in [6.07, 6.45) is 0.788. The van der Waals surface area contributed by atoms with E-state index < -0.39 is 5.97 Å². The maximum absolute atomic E-state index is 12.9. The Morgan fingerprint density at radius 3 is 2.71 bits per heavy atom. The zero-order chi connectivity index (χ0) is 19.7. The predicted molar refractivity (Wildman–Crippen MR) is 112 cm³/mol. The monoisotopic (exact) mass is 394 g/mol. The highest BCUT2D eigenvalue weighted by atomic mass is 32.1. The molecular weight excluding hydrogens is 372 g/mol. The van der Waals surface area contributed by atoms with Crippen molar-refractivity contribution in [3.05, 3.63) is 64.0 Å². The Morgan fingerprint density at radius 2 is 1.96 bits per heavy atom. The van der Waals surface area contributed by atoms with Crippen molar-refractivity contribution in [3.63, 3.8) is 0 Å². The maximum Gasteiger partial charge on any atom is 0.341 e. The van der Waals surface area contributed by atoms with Gasteiger partial charge in [0, 0.05) is 23.5 Å². The third-order valence-corrected chi connectivity index (χ3v) is 6.34. The summed E-state index contributed by atoms with van der Waals surface area (Å²) >= 11 is 1.48. The summed E-state index contributed by atoms with van der Waals surface area (Å²) in [4.78, 5) is 28.8. The van der Waals surface area contributed by atoms with E-state index in [2.05, 4.69) is 17.1 Å². The van der Waals surface area contributed by atoms with Crippen LogP contribution in [-0.4, -0.2) is 37.0 Å². The summed E-state index contributed by atoms with van der Waals surface area (Å²) in [7, 11) is 1.38. The Kier molecular flexibility index (Phi) is 5.15. The van der Waals surface area contributed by atoms with E-state index in [1.165, 1.54) is 18.4 Å². The molecule has 0 bridgehead atoms. The molecule has 1 amide bonds. The first-order valence-electron chi connectivity index (χ1n) is 9.36. The molecule has 144 valence electrons. The summed E-state index contributed by atoms with van der Waals surface area (Å²) in [5, 5.41) is 5.62. The minimum absolute atomic E-state index is 0.221. The quantitative estimate of drug-likeness (QED) is 0.670. The molecular formula is C22H22N2O3S. The summed E-state index contributed by atoms with van der Waals surface area (Å²) in [5.74, 6) is -0.613. The number of hydrogen-bond acceptors (Lipinski definition) is 5. The first-order chi connectivity index (χ1) is 13.6. The number of nitrogens with one attached hydrogen (secondary N) is 1. The van der Waals surface area contributed by atoms with Crippen molar-refractivity contribution < 1.29 is 14.3 Å². The third-order valence-electron chi connectivity index (χ3n) is 5.21. The fourth-order valence-electron chi connectivity index (χ4n) is 3.64. The molecule has 0 radical (unpaired) electrons. The Bertz CT molecular complexity index is 1060. The van der Waals surface area contributed by atoms with E-state index >= 15 is 0 Å². The van der Waals surface area contributed by atoms with Gasteiger partial charge in [-0.2, -0.15) is 0 Å². The second-order valence-electron chi connectivity index (χ2n) is 6.83. The second kappa shape index (κ2) is 7.73. The smallest absolute Gasteiger partial charge is 0.341 e. The van der Waals surface area contributed by atoms with Gasteiger partial charge in [-0.3, -0.25) is 9.69 Å². The molecule has 0 fully saturated rings. The number of carbonyl (C=O) groups is 2. The molecule has 4 rings (SSSR count). The average Bonchev–Trinajstić information content (AvgIpc) is 3.09. The van der Waals surface area contributed by atoms with Crippen molar-refractivity contribution in [2.24, 2.45) is 0 Å². The molecule has 2 aromatic carbocycles. The van der Waals surface area contributed by atoms with Gasteiger partial charge in [0.25, 0.3) is 5.91 Å². The van der Waals surface area contributed by atoms with Gasteiger partial charge in [-0.1, -0.05) is 37.3 Å². The van der Waals surface area contributed by atoms with Crippen molar-refractivity contribution in [2.45, 2.75) is 19.9 Å². The number of carbonyl (C=O) groups excluding carboxylic acids is 2. The van der Waals surface area contributed by atoms with E-state index in [4.69, 9.17) is 4.74 Å². The Labute approximate surface area is 167 Å². The highest BCUT2D eigenvalue weighted by Crippen LogP contribution is 2.37. The Hall–Kier alpha value is -2.70. The molecule has 0 aliphatic carbocycles. The third kappa shape index (κ3) is 3.41. The van der Waals surface area contributed by atoms with E-state index in [1.807, 2.05) is 42.5 Å². The normalized spacial score (nSPS) is 13.9. The standard InChI is InChI=1S/C22H22N2O3S/c1-3-24-11-10-17-18(13-24)28-21(19(17)22(26)27-2)23-20(25)16-9-8-14-6-4-5-7-15(14)12-16/h4-9,12H,3,10-11,13H2,1-2H3,(H,23,25). The molecule has 5 nitrogen and oxygen atoms in total. The fourth-order valence-corrected chi connectivity index (χ4v) is 4.91. The maximum atomic E-state index is 12.9. The van der Waals surface area contributed by atoms with Crippen LogP contribution in [0.1, 0.15) is 38.1 Å². The summed E-state index contributed by atoms with van der Waals surface area (Å²) in [6, 6.07) is 13.5. The number of amides is 1. The zero-order valence-electron chi connectivity index (χ0n) is 16.0. The van der Waals surface area contributed by atoms with E-state index in [-0.39, 0.29) is 5.91 Å². The molecule has 0 saturated carbocycles. The van der Waals surface area contributed by atoms with Crippen molar-refractivity contribution in [1.82, 2.24) is 4.90 Å². The highest BCUT2D eigenvalue weighted by molar-refractivity contribution is 7.17. The minimum atomic E-state index is -0.392. The van der Waals surface area contributed by atoms with Crippen LogP contribution in [0.4, 0.5) is 5.00 Å². The van der Waals surface area contributed by atoms with Crippen LogP contribution in [0, 0.1) is 0 Å². The molecule has 0 atom stereocenters. The number of nitrogens with zero attached hydrogens (tertiary/aromatic N) is 1. The molecule has 0 spiro atoms. The number of thiophene rings is 1. The largest absolute Gasteiger partial charge is 0.465 e. The van der Waals surface area contributed by atoms with Crippen LogP contribution in [0.3, 0.4) is 0 Å². The molecule has 1 aromatic heterocycles. The van der Waals surface area contributed by atoms with Gasteiger partial charge in [0.2, 0.25) is 0 Å². The number of ether oxygens (including phenoxy) is 1. The van der Waals surface area contributed by atoms with Gasteiger partial charge < -0.3 is 10.1 Å². The van der Waals surface area contributed by atoms with E-state index in [9.17, 15) is 9.59 Å². The number of esters is 1. The average molecular weight is 394 g/mol. The van der Waals surface area contributed by atoms with Crippen LogP contribution in [0.15, 0.2) is 42.5 Å². The molecule has 1 N–H and O–H groups in total. The predicted octanol–water partition coefficient (Wildman–Crippen LogP) is 4.32. The molecule has 2 heterocycles. The SMILES string of the molecule is CCN1CCc2c(sc(NC(=O)c3ccc4ccccc4c3)c2C(=O)OC)C1. The van der Waals surface area contributed by atoms with Crippen molar-refractivity contribution >= 4 is 39.0 Å². The lowest BCUT2D eigenvalue weighted by molar-refractivity contribution is 0.0600. The zero-order valence-corrected chi connectivity index (χ0v) is 16.8. The van der Waals surface area contributed by atoms with Gasteiger partial charge in [-0.15, -0.1) is 11.3 Å². The Morgan fingerprint density at radius 1 is 1.18 bits per heavy atom. The second-order valence-corrected chi connectivity index (χ2v) is 7.94. The minimum Gasteiger partial charge on any atom is -0.465 e. The van der Waals surface area contributed by atoms with Crippen LogP contribution >= 0.6 is 11.3 Å². The van der Waals surface area contributed by atoms with Gasteiger partial charge in [0.1, 0.15) is 5.00 Å². The molecule has 28 heavy (non-hydrogen) atoms. The summed E-state index contributed by atoms with van der Waals surface area (Å²) in [6.45, 7) is 4.79. The van der Waals surface area contributed by atoms with E-state index in [0.29, 0.717) is 16.1 Å². The van der Waals surface area contributed by atoms with Gasteiger partial charge in [0.15, 0.2) is 0 Å². The number of methoxy groups -OCH3 is 1. The molecule has 1 aliphatic heterocycles. The first-order valence-corrected chi connectivity index (χ1v) is 10.2. The molecule has 1 aliphatic rings. The Balaban J connectivity index is 1.67. The van der Waals surface area contributed by atoms with Gasteiger partial charge in [0.05, 0.1) is 12.7 Å². The lowest BCUT2D eigenvalue weighted by atomic mass is 10.0. The molecule has 3 aromatic rings. The topological polar surface area (TPSA) is 58.6 Å². The molecule has 6 heteroatoms. The lowest BCUT2D eigenvalue weighted by Gasteiger charge is -2.25. The fraction of sp³-hybridized carbons (Fsp3) is 0.273. The van der Waals surface area contributed by atoms with Crippen molar-refractivity contribution in [2.75, 3.05) is 25.5 Å². The van der Waals surface area contributed by atoms with Crippen LogP contribution in [-0.2, 0) is 17.7 Å². The van der Waals surface area contributed by atoms with Gasteiger partial charge >= 0.3 is 5.97 Å². The highest BCUT2D eigenvalue weighted by Gasteiger charge is 2.29. The molecule has 0 unspecified atom stereocenters. The van der Waals surface area contributed by atoms with Crippen LogP contribution in [0.5, 0.6) is 0 Å². The van der Waals surface area contributed by atoms with Crippen molar-refractivity contribution in [1.29, 1.82) is 0 Å². The summed E-state index contributed by atoms with van der Waals surface area (Å²) < 4.78 is 5.00. The van der Waals surface area contributed by atoms with E-state index in [1.54, 1.807) is 0 Å². The van der Waals surface area contributed by atoms with Crippen LogP contribution in [0.25, 0.3) is 10.8 Å². The van der Waals surface area contributed by atoms with Crippen LogP contribution < -0.4 is 5.32 Å². The molecule has 0 saturated heterocycles. The number of hydrogen-bond donors (Lipinski definition) is 1. The number of fused-ring (bicyclic) bond motifs is 2. The number of likely N-dealkylation sites (N-methyl/N-ethyl adjacent to an activating group) is 1. The number of anilines is 1. The lowest BCUT2D eigenvalue weighted by Crippen LogP contribution is -2.29. The summed E-state index contributed by atoms with van der Waals surface area (Å²) in [5.41, 5.74) is 2.08. The van der Waals surface area contributed by atoms with Gasteiger partial charge in [-0.25, -0.2) is 4.79 Å². The first kappa shape index (κ1) is 18.7. The van der Waals surface area contributed by atoms with Crippen LogP contribution in [0.2, 0.25) is 0 Å².